The van der Waals surface area contributed by atoms with E-state index in [-0.39, 0.29) is 29.9 Å². The van der Waals surface area contributed by atoms with Crippen molar-refractivity contribution in [3.63, 3.8) is 0 Å². The maximum absolute atomic E-state index is 14.4. The van der Waals surface area contributed by atoms with Crippen molar-refractivity contribution in [3.05, 3.63) is 59.3 Å². The molecule has 1 aliphatic rings. The second-order valence-corrected chi connectivity index (χ2v) is 9.84. The van der Waals surface area contributed by atoms with Crippen LogP contribution in [0.1, 0.15) is 15.9 Å². The number of aromatic nitrogens is 3. The Morgan fingerprint density at radius 1 is 1.15 bits per heavy atom. The lowest BCUT2D eigenvalue weighted by atomic mass is 10.1. The van der Waals surface area contributed by atoms with Crippen LogP contribution in [0.15, 0.2) is 36.5 Å². The molecule has 0 bridgehead atoms. The number of nitrogens with zero attached hydrogens (tertiary/aromatic N) is 5. The highest BCUT2D eigenvalue weighted by molar-refractivity contribution is 7.78. The number of anilines is 5. The third-order valence-corrected chi connectivity index (χ3v) is 6.74. The van der Waals surface area contributed by atoms with Crippen LogP contribution >= 0.6 is 12.8 Å². The predicted octanol–water partition coefficient (Wildman–Crippen LogP) is 3.45. The lowest BCUT2D eigenvalue weighted by Crippen LogP contribution is -2.36. The summed E-state index contributed by atoms with van der Waals surface area (Å²) in [5.41, 5.74) is 7.21. The van der Waals surface area contributed by atoms with Gasteiger partial charge < -0.3 is 30.9 Å². The number of likely N-dealkylation sites (N-methyl/N-ethyl adjacent to an activating group) is 1. The number of halogens is 2. The van der Waals surface area contributed by atoms with E-state index in [0.717, 1.165) is 17.3 Å². The smallest absolute Gasteiger partial charge is 0.253 e. The van der Waals surface area contributed by atoms with Gasteiger partial charge in [-0.2, -0.15) is 9.97 Å². The molecule has 1 aliphatic heterocycles. The number of carbonyl (C=O) groups is 2. The summed E-state index contributed by atoms with van der Waals surface area (Å²) in [6.45, 7) is 0.813. The molecule has 0 atom stereocenters. The number of thiol groups is 1. The van der Waals surface area contributed by atoms with Crippen LogP contribution in [0.3, 0.4) is 0 Å². The Morgan fingerprint density at radius 3 is 2.62 bits per heavy atom. The predicted molar refractivity (Wildman–Crippen MR) is 151 cm³/mol. The van der Waals surface area contributed by atoms with E-state index in [4.69, 9.17) is 10.5 Å². The minimum Gasteiger partial charge on any atom is -0.495 e. The molecule has 5 rings (SSSR count). The molecule has 0 saturated heterocycles. The number of nitrogens with two attached hydrogens (primary N) is 1. The van der Waals surface area contributed by atoms with Crippen molar-refractivity contribution in [1.29, 1.82) is 0 Å². The molecule has 2 amide bonds. The zero-order chi connectivity index (χ0) is 28.7. The third-order valence-electron chi connectivity index (χ3n) is 6.41. The standard InChI is InChI=1S/C26H26F2N8O3S/c1-34(2)12-20(37)35-8-6-13-10-19(39-3)17(11-18(13)35)31-26-32-24(14-7-9-36(40)25(14)33-26)30-16-5-4-15(27)22(28)21(16)23(29)38/h4-5,7,9-11,40H,6,8,12H2,1-3H3,(H2,29,38)(H2,30,31,32,33). The number of hydrogen-bond donors (Lipinski definition) is 4. The Hall–Kier alpha value is -4.43. The SMILES string of the molecule is COc1cc2c(cc1Nc1nc(Nc3ccc(F)c(F)c3C(N)=O)c3ccn(S)c3n1)N(C(=O)CN(C)C)CC2. The van der Waals surface area contributed by atoms with Gasteiger partial charge in [-0.3, -0.25) is 13.6 Å². The molecule has 11 nitrogen and oxygen atoms in total. The minimum absolute atomic E-state index is 0.0336. The topological polar surface area (TPSA) is 131 Å². The first-order chi connectivity index (χ1) is 19.1. The van der Waals surface area contributed by atoms with Crippen LogP contribution in [0.25, 0.3) is 11.0 Å². The number of amides is 2. The molecule has 14 heteroatoms. The summed E-state index contributed by atoms with van der Waals surface area (Å²) in [5, 5.41) is 6.51. The zero-order valence-corrected chi connectivity index (χ0v) is 22.7. The minimum atomic E-state index is -1.37. The number of ether oxygens (including phenoxy) is 1. The maximum atomic E-state index is 14.4. The first-order valence-corrected chi connectivity index (χ1v) is 12.5. The van der Waals surface area contributed by atoms with Crippen LogP contribution in [0.5, 0.6) is 5.75 Å². The lowest BCUT2D eigenvalue weighted by molar-refractivity contribution is -0.119. The summed E-state index contributed by atoms with van der Waals surface area (Å²) >= 11 is 4.40. The molecule has 0 radical (unpaired) electrons. The highest BCUT2D eigenvalue weighted by Crippen LogP contribution is 2.39. The fourth-order valence-electron chi connectivity index (χ4n) is 4.59. The van der Waals surface area contributed by atoms with E-state index in [1.165, 1.54) is 17.1 Å². The molecule has 208 valence electrons. The molecule has 0 aliphatic carbocycles. The molecule has 0 saturated carbocycles. The van der Waals surface area contributed by atoms with Crippen LogP contribution in [0.4, 0.5) is 37.6 Å². The van der Waals surface area contributed by atoms with Crippen molar-refractivity contribution < 1.29 is 23.1 Å². The number of benzene rings is 2. The van der Waals surface area contributed by atoms with Gasteiger partial charge in [-0.15, -0.1) is 0 Å². The molecular formula is C26H26F2N8O3S. The Bertz CT molecular complexity index is 1660. The van der Waals surface area contributed by atoms with E-state index in [0.29, 0.717) is 35.4 Å². The molecule has 4 N–H and O–H groups in total. The first-order valence-electron chi connectivity index (χ1n) is 12.1. The second kappa shape index (κ2) is 10.6. The van der Waals surface area contributed by atoms with Gasteiger partial charge >= 0.3 is 0 Å². The van der Waals surface area contributed by atoms with Gasteiger partial charge in [0, 0.05) is 18.4 Å². The van der Waals surface area contributed by atoms with Crippen LogP contribution in [-0.4, -0.2) is 64.9 Å². The molecule has 3 heterocycles. The summed E-state index contributed by atoms with van der Waals surface area (Å²) in [5.74, 6) is -2.97. The van der Waals surface area contributed by atoms with Crippen LogP contribution in [0, 0.1) is 11.6 Å². The van der Waals surface area contributed by atoms with Gasteiger partial charge in [0.15, 0.2) is 17.3 Å². The first kappa shape index (κ1) is 27.1. The van der Waals surface area contributed by atoms with Crippen molar-refractivity contribution in [2.24, 2.45) is 5.73 Å². The number of primary amides is 1. The number of nitrogens with one attached hydrogen (secondary N) is 2. The summed E-state index contributed by atoms with van der Waals surface area (Å²) in [6, 6.07) is 7.41. The summed E-state index contributed by atoms with van der Waals surface area (Å²) < 4.78 is 35.3. The third kappa shape index (κ3) is 4.98. The zero-order valence-electron chi connectivity index (χ0n) is 21.8. The van der Waals surface area contributed by atoms with Gasteiger partial charge in [-0.05, 0) is 56.4 Å². The van der Waals surface area contributed by atoms with Crippen LogP contribution in [0.2, 0.25) is 0 Å². The maximum Gasteiger partial charge on any atom is 0.253 e. The van der Waals surface area contributed by atoms with Crippen molar-refractivity contribution >= 4 is 64.5 Å². The average Bonchev–Trinajstić information content (AvgIpc) is 3.48. The molecule has 2 aromatic heterocycles. The van der Waals surface area contributed by atoms with Gasteiger partial charge in [0.05, 0.1) is 30.4 Å². The Labute approximate surface area is 233 Å². The van der Waals surface area contributed by atoms with Gasteiger partial charge in [0.2, 0.25) is 11.9 Å². The largest absolute Gasteiger partial charge is 0.495 e. The molecule has 0 unspecified atom stereocenters. The number of carbonyl (C=O) groups excluding carboxylic acids is 2. The normalized spacial score (nSPS) is 12.6. The van der Waals surface area contributed by atoms with Crippen molar-refractivity contribution in [2.45, 2.75) is 6.42 Å². The van der Waals surface area contributed by atoms with E-state index in [1.54, 1.807) is 23.2 Å². The molecule has 2 aromatic carbocycles. The molecular weight excluding hydrogens is 542 g/mol. The highest BCUT2D eigenvalue weighted by atomic mass is 32.1. The quantitative estimate of drug-likeness (QED) is 0.238. The van der Waals surface area contributed by atoms with Crippen molar-refractivity contribution in [3.8, 4) is 5.75 Å². The fourth-order valence-corrected chi connectivity index (χ4v) is 4.81. The van der Waals surface area contributed by atoms with Crippen molar-refractivity contribution in [2.75, 3.05) is 49.8 Å². The molecule has 0 spiro atoms. The van der Waals surface area contributed by atoms with E-state index >= 15 is 0 Å². The van der Waals surface area contributed by atoms with Crippen LogP contribution < -0.4 is 26.0 Å². The van der Waals surface area contributed by atoms with E-state index in [9.17, 15) is 18.4 Å². The fraction of sp³-hybridized carbons (Fsp3) is 0.231. The molecule has 0 fully saturated rings. The summed E-state index contributed by atoms with van der Waals surface area (Å²) in [4.78, 5) is 37.4. The highest BCUT2D eigenvalue weighted by Gasteiger charge is 2.27. The van der Waals surface area contributed by atoms with Gasteiger partial charge in [0.1, 0.15) is 17.1 Å². The second-order valence-electron chi connectivity index (χ2n) is 9.41. The van der Waals surface area contributed by atoms with Crippen molar-refractivity contribution in [1.82, 2.24) is 18.8 Å². The number of hydrogen-bond acceptors (Lipinski definition) is 9. The Balaban J connectivity index is 1.56. The van der Waals surface area contributed by atoms with Crippen LogP contribution in [-0.2, 0) is 11.2 Å². The summed E-state index contributed by atoms with van der Waals surface area (Å²) in [6.07, 6.45) is 2.31. The van der Waals surface area contributed by atoms with E-state index < -0.39 is 23.1 Å². The number of methoxy groups -OCH3 is 1. The molecule has 40 heavy (non-hydrogen) atoms. The monoisotopic (exact) mass is 568 g/mol. The Morgan fingerprint density at radius 2 is 1.93 bits per heavy atom. The van der Waals surface area contributed by atoms with E-state index in [1.807, 2.05) is 25.1 Å². The number of fused-ring (bicyclic) bond motifs is 2. The average molecular weight is 569 g/mol. The number of rotatable bonds is 8. The molecule has 4 aromatic rings. The van der Waals surface area contributed by atoms with Gasteiger partial charge in [-0.25, -0.2) is 8.78 Å². The summed E-state index contributed by atoms with van der Waals surface area (Å²) in [7, 11) is 5.19. The lowest BCUT2D eigenvalue weighted by Gasteiger charge is -2.21. The van der Waals surface area contributed by atoms with Gasteiger partial charge in [-0.1, -0.05) is 12.8 Å². The van der Waals surface area contributed by atoms with E-state index in [2.05, 4.69) is 33.4 Å². The Kier molecular flexibility index (Phi) is 7.21. The van der Waals surface area contributed by atoms with Gasteiger partial charge in [0.25, 0.3) is 5.91 Å².